The summed E-state index contributed by atoms with van der Waals surface area (Å²) in [5, 5.41) is 2.68. The van der Waals surface area contributed by atoms with Crippen molar-refractivity contribution >= 4 is 24.0 Å². The maximum absolute atomic E-state index is 11.5. The van der Waals surface area contributed by atoms with Gasteiger partial charge in [0.05, 0.1) is 13.7 Å². The average Bonchev–Trinajstić information content (AvgIpc) is 2.29. The lowest BCUT2D eigenvalue weighted by molar-refractivity contribution is -0.118. The second-order valence-electron chi connectivity index (χ2n) is 3.28. The van der Waals surface area contributed by atoms with Gasteiger partial charge in [-0.15, -0.1) is 12.4 Å². The van der Waals surface area contributed by atoms with Crippen LogP contribution in [0.1, 0.15) is 0 Å². The van der Waals surface area contributed by atoms with Crippen LogP contribution >= 0.6 is 12.4 Å². The van der Waals surface area contributed by atoms with Crippen LogP contribution < -0.4 is 15.8 Å². The quantitative estimate of drug-likeness (QED) is 0.829. The van der Waals surface area contributed by atoms with E-state index < -0.39 is 6.04 Å². The van der Waals surface area contributed by atoms with Gasteiger partial charge in [-0.05, 0) is 12.1 Å². The zero-order valence-electron chi connectivity index (χ0n) is 9.80. The third-order valence-corrected chi connectivity index (χ3v) is 2.02. The number of anilines is 1. The van der Waals surface area contributed by atoms with Crippen molar-refractivity contribution in [2.75, 3.05) is 26.1 Å². The Morgan fingerprint density at radius 1 is 1.47 bits per heavy atom. The molecule has 0 heterocycles. The van der Waals surface area contributed by atoms with E-state index in [1.165, 1.54) is 7.11 Å². The molecule has 1 amide bonds. The molecule has 1 aromatic carbocycles. The van der Waals surface area contributed by atoms with Gasteiger partial charge in [0.15, 0.2) is 0 Å². The van der Waals surface area contributed by atoms with E-state index in [1.54, 1.807) is 31.4 Å². The summed E-state index contributed by atoms with van der Waals surface area (Å²) >= 11 is 0. The van der Waals surface area contributed by atoms with Crippen LogP contribution in [0.15, 0.2) is 24.3 Å². The molecule has 0 radical (unpaired) electrons. The number of amides is 1. The molecule has 1 atom stereocenters. The van der Waals surface area contributed by atoms with Crippen molar-refractivity contribution in [2.45, 2.75) is 6.04 Å². The Balaban J connectivity index is 0.00000256. The molecule has 0 aliphatic heterocycles. The maximum Gasteiger partial charge on any atom is 0.243 e. The van der Waals surface area contributed by atoms with Crippen molar-refractivity contribution in [1.29, 1.82) is 0 Å². The largest absolute Gasteiger partial charge is 0.497 e. The number of rotatable bonds is 5. The molecule has 96 valence electrons. The van der Waals surface area contributed by atoms with Crippen molar-refractivity contribution in [1.82, 2.24) is 0 Å². The Labute approximate surface area is 107 Å². The first-order valence-corrected chi connectivity index (χ1v) is 4.87. The molecular formula is C11H17ClN2O3. The Bertz CT molecular complexity index is 360. The predicted molar refractivity (Wildman–Crippen MR) is 68.7 cm³/mol. The highest BCUT2D eigenvalue weighted by Crippen LogP contribution is 2.16. The third-order valence-electron chi connectivity index (χ3n) is 2.02. The normalized spacial score (nSPS) is 11.2. The van der Waals surface area contributed by atoms with Crippen molar-refractivity contribution in [3.05, 3.63) is 24.3 Å². The van der Waals surface area contributed by atoms with E-state index in [0.29, 0.717) is 11.4 Å². The minimum Gasteiger partial charge on any atom is -0.497 e. The number of hydrogen-bond acceptors (Lipinski definition) is 4. The summed E-state index contributed by atoms with van der Waals surface area (Å²) in [6.07, 6.45) is 0. The second-order valence-corrected chi connectivity index (χ2v) is 3.28. The van der Waals surface area contributed by atoms with Crippen LogP contribution in [0, 0.1) is 0 Å². The lowest BCUT2D eigenvalue weighted by atomic mass is 10.2. The number of nitrogens with two attached hydrogens (primary N) is 1. The molecule has 0 saturated heterocycles. The number of halogens is 1. The van der Waals surface area contributed by atoms with Gasteiger partial charge < -0.3 is 20.5 Å². The third kappa shape index (κ3) is 5.04. The van der Waals surface area contributed by atoms with Gasteiger partial charge in [0.2, 0.25) is 5.91 Å². The van der Waals surface area contributed by atoms with Gasteiger partial charge >= 0.3 is 0 Å². The fourth-order valence-corrected chi connectivity index (χ4v) is 1.19. The van der Waals surface area contributed by atoms with Gasteiger partial charge in [-0.3, -0.25) is 4.79 Å². The molecule has 0 aromatic heterocycles. The molecule has 6 heteroatoms. The van der Waals surface area contributed by atoms with Crippen molar-refractivity contribution < 1.29 is 14.3 Å². The van der Waals surface area contributed by atoms with Gasteiger partial charge in [-0.25, -0.2) is 0 Å². The first-order valence-electron chi connectivity index (χ1n) is 4.87. The molecule has 1 rings (SSSR count). The molecule has 0 fully saturated rings. The first kappa shape index (κ1) is 15.7. The minimum atomic E-state index is -0.670. The Kier molecular flexibility index (Phi) is 7.29. The second kappa shape index (κ2) is 7.89. The number of carbonyl (C=O) groups excluding carboxylic acids is 1. The Morgan fingerprint density at radius 3 is 2.76 bits per heavy atom. The molecule has 1 aromatic rings. The summed E-state index contributed by atoms with van der Waals surface area (Å²) in [5.74, 6) is 0.396. The lowest BCUT2D eigenvalue weighted by Gasteiger charge is -2.11. The summed E-state index contributed by atoms with van der Waals surface area (Å²) in [5.41, 5.74) is 6.23. The summed E-state index contributed by atoms with van der Waals surface area (Å²) in [6, 6.07) is 6.40. The topological polar surface area (TPSA) is 73.6 Å². The summed E-state index contributed by atoms with van der Waals surface area (Å²) in [7, 11) is 3.07. The predicted octanol–water partition coefficient (Wildman–Crippen LogP) is 1.03. The average molecular weight is 261 g/mol. The fraction of sp³-hybridized carbons (Fsp3) is 0.364. The molecule has 0 spiro atoms. The van der Waals surface area contributed by atoms with Gasteiger partial charge in [0.25, 0.3) is 0 Å². The van der Waals surface area contributed by atoms with Crippen LogP contribution in [0.3, 0.4) is 0 Å². The number of methoxy groups -OCH3 is 2. The molecule has 0 bridgehead atoms. The van der Waals surface area contributed by atoms with E-state index in [0.717, 1.165) is 0 Å². The van der Waals surface area contributed by atoms with E-state index in [1.807, 2.05) is 0 Å². The van der Waals surface area contributed by atoms with Crippen molar-refractivity contribution in [3.63, 3.8) is 0 Å². The first-order chi connectivity index (χ1) is 7.67. The Hall–Kier alpha value is -1.30. The molecular weight excluding hydrogens is 244 g/mol. The van der Waals surface area contributed by atoms with Crippen LogP contribution in [-0.4, -0.2) is 32.8 Å². The Morgan fingerprint density at radius 2 is 2.18 bits per heavy atom. The van der Waals surface area contributed by atoms with Crippen LogP contribution in [0.5, 0.6) is 5.75 Å². The van der Waals surface area contributed by atoms with Crippen LogP contribution in [0.25, 0.3) is 0 Å². The molecule has 0 aliphatic rings. The maximum atomic E-state index is 11.5. The van der Waals surface area contributed by atoms with E-state index in [2.05, 4.69) is 5.32 Å². The monoisotopic (exact) mass is 260 g/mol. The molecule has 0 aliphatic carbocycles. The number of hydrogen-bond donors (Lipinski definition) is 2. The van der Waals surface area contributed by atoms with E-state index in [9.17, 15) is 4.79 Å². The van der Waals surface area contributed by atoms with Gasteiger partial charge in [0.1, 0.15) is 11.8 Å². The van der Waals surface area contributed by atoms with E-state index in [4.69, 9.17) is 15.2 Å². The van der Waals surface area contributed by atoms with Gasteiger partial charge in [-0.2, -0.15) is 0 Å². The van der Waals surface area contributed by atoms with Crippen LogP contribution in [0.2, 0.25) is 0 Å². The summed E-state index contributed by atoms with van der Waals surface area (Å²) < 4.78 is 9.83. The fourth-order valence-electron chi connectivity index (χ4n) is 1.19. The van der Waals surface area contributed by atoms with Crippen molar-refractivity contribution in [2.24, 2.45) is 5.73 Å². The smallest absolute Gasteiger partial charge is 0.243 e. The molecule has 0 saturated carbocycles. The highest BCUT2D eigenvalue weighted by molar-refractivity contribution is 5.94. The minimum absolute atomic E-state index is 0. The van der Waals surface area contributed by atoms with Crippen LogP contribution in [-0.2, 0) is 9.53 Å². The zero-order chi connectivity index (χ0) is 12.0. The van der Waals surface area contributed by atoms with E-state index in [-0.39, 0.29) is 24.9 Å². The molecule has 17 heavy (non-hydrogen) atoms. The molecule has 1 unspecified atom stereocenters. The SMILES string of the molecule is COCC(N)C(=O)Nc1cccc(OC)c1.Cl. The van der Waals surface area contributed by atoms with E-state index >= 15 is 0 Å². The number of nitrogens with one attached hydrogen (secondary N) is 1. The highest BCUT2D eigenvalue weighted by Gasteiger charge is 2.12. The summed E-state index contributed by atoms with van der Waals surface area (Å²) in [4.78, 5) is 11.5. The highest BCUT2D eigenvalue weighted by atomic mass is 35.5. The van der Waals surface area contributed by atoms with Gasteiger partial charge in [0, 0.05) is 18.9 Å². The summed E-state index contributed by atoms with van der Waals surface area (Å²) in [6.45, 7) is 0.190. The van der Waals surface area contributed by atoms with Crippen molar-refractivity contribution in [3.8, 4) is 5.75 Å². The number of carbonyl (C=O) groups is 1. The van der Waals surface area contributed by atoms with Gasteiger partial charge in [-0.1, -0.05) is 6.07 Å². The number of benzene rings is 1. The number of ether oxygens (including phenoxy) is 2. The molecule has 5 nitrogen and oxygen atoms in total. The standard InChI is InChI=1S/C11H16N2O3.ClH/c1-15-7-10(12)11(14)13-8-4-3-5-9(6-8)16-2;/h3-6,10H,7,12H2,1-2H3,(H,13,14);1H. The molecule has 3 N–H and O–H groups in total. The lowest BCUT2D eigenvalue weighted by Crippen LogP contribution is -2.39. The van der Waals surface area contributed by atoms with Crippen LogP contribution in [0.4, 0.5) is 5.69 Å². The zero-order valence-corrected chi connectivity index (χ0v) is 10.6.